The smallest absolute Gasteiger partial charge is 0.242 e. The first kappa shape index (κ1) is 12.7. The first-order valence-corrected chi connectivity index (χ1v) is 6.55. The largest absolute Gasteiger partial charge is 0.343 e. The summed E-state index contributed by atoms with van der Waals surface area (Å²) in [6, 6.07) is 0. The Kier molecular flexibility index (Phi) is 3.38. The van der Waals surface area contributed by atoms with Crippen LogP contribution >= 0.6 is 23.1 Å². The fourth-order valence-electron chi connectivity index (χ4n) is 2.00. The molecule has 0 spiro atoms. The summed E-state index contributed by atoms with van der Waals surface area (Å²) in [6.07, 6.45) is 0. The number of aromatic nitrogens is 2. The van der Waals surface area contributed by atoms with E-state index in [-0.39, 0.29) is 5.91 Å². The first-order chi connectivity index (χ1) is 7.93. The van der Waals surface area contributed by atoms with Gasteiger partial charge in [-0.2, -0.15) is 0 Å². The quantitative estimate of drug-likeness (QED) is 0.814. The molecule has 5 nitrogen and oxygen atoms in total. The van der Waals surface area contributed by atoms with Crippen molar-refractivity contribution in [3.05, 3.63) is 10.0 Å². The number of hydrogen-bond acceptors (Lipinski definition) is 5. The molecule has 0 saturated carbocycles. The van der Waals surface area contributed by atoms with Gasteiger partial charge in [0.05, 0.1) is 5.54 Å². The van der Waals surface area contributed by atoms with Crippen molar-refractivity contribution in [3.8, 4) is 0 Å². The Bertz CT molecular complexity index is 434. The number of likely N-dealkylation sites (N-methyl/N-ethyl adjacent to an activating group) is 1. The Labute approximate surface area is 110 Å². The lowest BCUT2D eigenvalue weighted by atomic mass is 9.97. The summed E-state index contributed by atoms with van der Waals surface area (Å²) < 4.78 is 4.41. The van der Waals surface area contributed by atoms with E-state index in [9.17, 15) is 4.79 Å². The highest BCUT2D eigenvalue weighted by Crippen LogP contribution is 2.26. The van der Waals surface area contributed by atoms with Crippen LogP contribution in [0.4, 0.5) is 0 Å². The zero-order chi connectivity index (χ0) is 12.6. The van der Waals surface area contributed by atoms with Crippen LogP contribution in [-0.4, -0.2) is 51.0 Å². The second kappa shape index (κ2) is 4.51. The van der Waals surface area contributed by atoms with Crippen LogP contribution in [0.5, 0.6) is 0 Å². The molecule has 1 amide bonds. The molecule has 94 valence electrons. The lowest BCUT2D eigenvalue weighted by Gasteiger charge is -2.44. The highest BCUT2D eigenvalue weighted by atomic mass is 35.5. The molecule has 17 heavy (non-hydrogen) atoms. The molecule has 0 aliphatic carbocycles. The lowest BCUT2D eigenvalue weighted by Crippen LogP contribution is -2.61. The van der Waals surface area contributed by atoms with Crippen molar-refractivity contribution in [1.29, 1.82) is 0 Å². The summed E-state index contributed by atoms with van der Waals surface area (Å²) in [6.45, 7) is 5.99. The highest BCUT2D eigenvalue weighted by molar-refractivity contribution is 7.10. The SMILES string of the molecule is CN1CCN(Cc2nnsc2Cl)C(C)(C)C1=O. The minimum atomic E-state index is -0.514. The standard InChI is InChI=1S/C10H15ClN4OS/c1-10(2)9(16)14(3)4-5-15(10)6-7-8(11)17-13-12-7/h4-6H2,1-3H3. The average molecular weight is 275 g/mol. The first-order valence-electron chi connectivity index (χ1n) is 5.40. The van der Waals surface area contributed by atoms with E-state index in [2.05, 4.69) is 14.5 Å². The van der Waals surface area contributed by atoms with Gasteiger partial charge in [-0.1, -0.05) is 16.1 Å². The number of hydrogen-bond donors (Lipinski definition) is 0. The molecule has 0 aromatic carbocycles. The Morgan fingerprint density at radius 1 is 1.47 bits per heavy atom. The monoisotopic (exact) mass is 274 g/mol. The molecule has 0 N–H and O–H groups in total. The molecule has 7 heteroatoms. The molecular weight excluding hydrogens is 260 g/mol. The van der Waals surface area contributed by atoms with Crippen LogP contribution in [-0.2, 0) is 11.3 Å². The van der Waals surface area contributed by atoms with E-state index in [0.29, 0.717) is 10.9 Å². The summed E-state index contributed by atoms with van der Waals surface area (Å²) in [5, 5.41) is 3.99. The maximum atomic E-state index is 12.1. The Morgan fingerprint density at radius 3 is 2.76 bits per heavy atom. The van der Waals surface area contributed by atoms with E-state index in [4.69, 9.17) is 11.6 Å². The van der Waals surface area contributed by atoms with Crippen molar-refractivity contribution in [2.24, 2.45) is 0 Å². The minimum absolute atomic E-state index is 0.128. The summed E-state index contributed by atoms with van der Waals surface area (Å²) in [5.41, 5.74) is 0.238. The predicted molar refractivity (Wildman–Crippen MR) is 67.0 cm³/mol. The number of piperazine rings is 1. The third kappa shape index (κ3) is 2.29. The molecule has 0 bridgehead atoms. The van der Waals surface area contributed by atoms with Crippen LogP contribution in [0.1, 0.15) is 19.5 Å². The summed E-state index contributed by atoms with van der Waals surface area (Å²) >= 11 is 7.17. The predicted octanol–water partition coefficient (Wildman–Crippen LogP) is 1.24. The lowest BCUT2D eigenvalue weighted by molar-refractivity contribution is -0.147. The Balaban J connectivity index is 2.17. The van der Waals surface area contributed by atoms with E-state index in [1.807, 2.05) is 20.9 Å². The fourth-order valence-corrected chi connectivity index (χ4v) is 2.61. The van der Waals surface area contributed by atoms with Gasteiger partial charge < -0.3 is 4.90 Å². The van der Waals surface area contributed by atoms with Crippen LogP contribution in [0.25, 0.3) is 0 Å². The van der Waals surface area contributed by atoms with E-state index >= 15 is 0 Å². The molecule has 0 unspecified atom stereocenters. The van der Waals surface area contributed by atoms with Crippen molar-refractivity contribution in [2.45, 2.75) is 25.9 Å². The Morgan fingerprint density at radius 2 is 2.18 bits per heavy atom. The van der Waals surface area contributed by atoms with Gasteiger partial charge in [0.2, 0.25) is 5.91 Å². The van der Waals surface area contributed by atoms with Crippen LogP contribution in [0, 0.1) is 0 Å². The number of carbonyl (C=O) groups is 1. The second-order valence-corrected chi connectivity index (χ2v) is 6.06. The topological polar surface area (TPSA) is 49.3 Å². The van der Waals surface area contributed by atoms with Crippen molar-refractivity contribution in [2.75, 3.05) is 20.1 Å². The molecule has 1 saturated heterocycles. The normalized spacial score (nSPS) is 20.9. The fraction of sp³-hybridized carbons (Fsp3) is 0.700. The molecule has 0 atom stereocenters. The van der Waals surface area contributed by atoms with E-state index in [1.54, 1.807) is 4.90 Å². The van der Waals surface area contributed by atoms with Crippen LogP contribution in [0.3, 0.4) is 0 Å². The molecule has 2 heterocycles. The zero-order valence-electron chi connectivity index (χ0n) is 10.1. The van der Waals surface area contributed by atoms with Gasteiger partial charge in [-0.15, -0.1) is 5.10 Å². The number of amides is 1. The van der Waals surface area contributed by atoms with E-state index in [0.717, 1.165) is 18.8 Å². The second-order valence-electron chi connectivity index (χ2n) is 4.70. The van der Waals surface area contributed by atoms with Gasteiger partial charge in [0, 0.05) is 38.2 Å². The van der Waals surface area contributed by atoms with Crippen molar-refractivity contribution < 1.29 is 4.79 Å². The average Bonchev–Trinajstić information content (AvgIpc) is 2.66. The maximum Gasteiger partial charge on any atom is 0.242 e. The van der Waals surface area contributed by atoms with Gasteiger partial charge in [0.25, 0.3) is 0 Å². The molecule has 1 aliphatic heterocycles. The molecule has 1 aromatic heterocycles. The number of carbonyl (C=O) groups excluding carboxylic acids is 1. The van der Waals surface area contributed by atoms with Crippen molar-refractivity contribution >= 4 is 29.0 Å². The van der Waals surface area contributed by atoms with Gasteiger partial charge in [-0.05, 0) is 13.8 Å². The van der Waals surface area contributed by atoms with Gasteiger partial charge in [-0.25, -0.2) is 0 Å². The van der Waals surface area contributed by atoms with Gasteiger partial charge in [-0.3, -0.25) is 9.69 Å². The molecule has 1 fully saturated rings. The maximum absolute atomic E-state index is 12.1. The number of nitrogens with zero attached hydrogens (tertiary/aromatic N) is 4. The summed E-state index contributed by atoms with van der Waals surface area (Å²) in [4.78, 5) is 15.9. The number of halogens is 1. The summed E-state index contributed by atoms with van der Waals surface area (Å²) in [5.74, 6) is 0.128. The Hall–Kier alpha value is -0.720. The van der Waals surface area contributed by atoms with E-state index in [1.165, 1.54) is 11.5 Å². The van der Waals surface area contributed by atoms with Gasteiger partial charge in [0.1, 0.15) is 10.0 Å². The van der Waals surface area contributed by atoms with Gasteiger partial charge >= 0.3 is 0 Å². The van der Waals surface area contributed by atoms with Crippen LogP contribution in [0.2, 0.25) is 4.34 Å². The van der Waals surface area contributed by atoms with Crippen LogP contribution < -0.4 is 0 Å². The van der Waals surface area contributed by atoms with Gasteiger partial charge in [0.15, 0.2) is 0 Å². The molecular formula is C10H15ClN4OS. The highest BCUT2D eigenvalue weighted by Gasteiger charge is 2.40. The van der Waals surface area contributed by atoms with Crippen molar-refractivity contribution in [3.63, 3.8) is 0 Å². The minimum Gasteiger partial charge on any atom is -0.343 e. The molecule has 1 aliphatic rings. The number of rotatable bonds is 2. The summed E-state index contributed by atoms with van der Waals surface area (Å²) in [7, 11) is 1.83. The third-order valence-corrected chi connectivity index (χ3v) is 4.20. The molecule has 2 rings (SSSR count). The molecule has 0 radical (unpaired) electrons. The zero-order valence-corrected chi connectivity index (χ0v) is 11.7. The van der Waals surface area contributed by atoms with Crippen molar-refractivity contribution in [1.82, 2.24) is 19.4 Å². The molecule has 1 aromatic rings. The van der Waals surface area contributed by atoms with Crippen LogP contribution in [0.15, 0.2) is 0 Å². The third-order valence-electron chi connectivity index (χ3n) is 3.22. The van der Waals surface area contributed by atoms with E-state index < -0.39 is 5.54 Å².